The van der Waals surface area contributed by atoms with Gasteiger partial charge in [-0.2, -0.15) is 0 Å². The lowest BCUT2D eigenvalue weighted by Crippen LogP contribution is -2.48. The number of ether oxygens (including phenoxy) is 2. The lowest BCUT2D eigenvalue weighted by Gasteiger charge is -2.32. The second-order valence-corrected chi connectivity index (χ2v) is 11.4. The molecular formula is C31H25NO7S. The number of sulfone groups is 1. The predicted molar refractivity (Wildman–Crippen MR) is 149 cm³/mol. The smallest absolute Gasteiger partial charge is 0.343 e. The Balaban J connectivity index is 1.46. The standard InChI is InChI=1S/C31H25NO7S/c33-29(22-10-4-1-5-11-22)32(25-16-18-26(19-17-25)38-30(34)23-12-6-2-7-13-23)27-20-40(36,37)21-28(27)39-31(35)24-14-8-3-9-15-24/h1-19,27-28H,20-21H2/t27-,28+/m1/s1. The zero-order chi connectivity index (χ0) is 28.1. The molecule has 1 aliphatic heterocycles. The first-order valence-electron chi connectivity index (χ1n) is 12.5. The predicted octanol–water partition coefficient (Wildman–Crippen LogP) is 4.58. The van der Waals surface area contributed by atoms with Crippen molar-refractivity contribution < 1.29 is 32.3 Å². The molecular weight excluding hydrogens is 530 g/mol. The summed E-state index contributed by atoms with van der Waals surface area (Å²) in [6.07, 6.45) is -1.10. The Labute approximate surface area is 231 Å². The number of nitrogens with zero attached hydrogens (tertiary/aromatic N) is 1. The molecule has 0 N–H and O–H groups in total. The number of hydrogen-bond donors (Lipinski definition) is 0. The normalized spacial score (nSPS) is 17.5. The summed E-state index contributed by atoms with van der Waals surface area (Å²) in [5.74, 6) is -2.23. The molecule has 0 saturated carbocycles. The van der Waals surface area contributed by atoms with Gasteiger partial charge < -0.3 is 14.4 Å². The molecule has 2 atom stereocenters. The van der Waals surface area contributed by atoms with E-state index in [-0.39, 0.29) is 17.1 Å². The molecule has 9 heteroatoms. The average molecular weight is 556 g/mol. The fourth-order valence-corrected chi connectivity index (χ4v) is 6.34. The topological polar surface area (TPSA) is 107 Å². The third kappa shape index (κ3) is 6.10. The van der Waals surface area contributed by atoms with Gasteiger partial charge in [0.25, 0.3) is 5.91 Å². The average Bonchev–Trinajstić information content (AvgIpc) is 3.28. The summed E-state index contributed by atoms with van der Waals surface area (Å²) in [4.78, 5) is 40.5. The zero-order valence-electron chi connectivity index (χ0n) is 21.3. The number of benzene rings is 4. The van der Waals surface area contributed by atoms with Crippen LogP contribution in [0.5, 0.6) is 5.75 Å². The number of anilines is 1. The first-order valence-corrected chi connectivity index (χ1v) is 14.4. The lowest BCUT2D eigenvalue weighted by molar-refractivity contribution is 0.0314. The molecule has 1 amide bonds. The van der Waals surface area contributed by atoms with Crippen LogP contribution in [0.2, 0.25) is 0 Å². The van der Waals surface area contributed by atoms with E-state index in [2.05, 4.69) is 0 Å². The summed E-state index contributed by atoms with van der Waals surface area (Å²) in [5.41, 5.74) is 1.35. The Hall–Kier alpha value is -4.76. The van der Waals surface area contributed by atoms with Crippen molar-refractivity contribution >= 4 is 33.4 Å². The highest BCUT2D eigenvalue weighted by molar-refractivity contribution is 7.91. The van der Waals surface area contributed by atoms with Crippen LogP contribution in [-0.4, -0.2) is 49.9 Å². The zero-order valence-corrected chi connectivity index (χ0v) is 22.1. The highest BCUT2D eigenvalue weighted by Gasteiger charge is 2.46. The number of amides is 1. The van der Waals surface area contributed by atoms with E-state index in [0.717, 1.165) is 0 Å². The number of esters is 2. The van der Waals surface area contributed by atoms with Crippen LogP contribution in [0.1, 0.15) is 31.1 Å². The van der Waals surface area contributed by atoms with Gasteiger partial charge in [0.1, 0.15) is 11.9 Å². The van der Waals surface area contributed by atoms with Crippen molar-refractivity contribution in [2.24, 2.45) is 0 Å². The molecule has 5 rings (SSSR count). The summed E-state index contributed by atoms with van der Waals surface area (Å²) in [6, 6.07) is 30.4. The third-order valence-corrected chi connectivity index (χ3v) is 8.13. The van der Waals surface area contributed by atoms with E-state index in [1.807, 2.05) is 0 Å². The first kappa shape index (κ1) is 26.8. The van der Waals surface area contributed by atoms with Gasteiger partial charge >= 0.3 is 11.9 Å². The molecule has 8 nitrogen and oxygen atoms in total. The van der Waals surface area contributed by atoms with Crippen LogP contribution in [0.15, 0.2) is 115 Å². The van der Waals surface area contributed by atoms with Gasteiger partial charge in [0.2, 0.25) is 0 Å². The Morgan fingerprint density at radius 2 is 1.12 bits per heavy atom. The van der Waals surface area contributed by atoms with E-state index < -0.39 is 45.6 Å². The van der Waals surface area contributed by atoms with Crippen molar-refractivity contribution in [1.29, 1.82) is 0 Å². The van der Waals surface area contributed by atoms with E-state index in [1.54, 1.807) is 103 Å². The van der Waals surface area contributed by atoms with Gasteiger partial charge in [0.15, 0.2) is 9.84 Å². The maximum atomic E-state index is 13.8. The molecule has 4 aromatic rings. The molecule has 1 heterocycles. The molecule has 0 radical (unpaired) electrons. The minimum Gasteiger partial charge on any atom is -0.455 e. The molecule has 0 spiro atoms. The van der Waals surface area contributed by atoms with E-state index in [0.29, 0.717) is 16.8 Å². The van der Waals surface area contributed by atoms with Gasteiger partial charge in [0, 0.05) is 11.3 Å². The Morgan fingerprint density at radius 1 is 0.625 bits per heavy atom. The molecule has 0 bridgehead atoms. The largest absolute Gasteiger partial charge is 0.455 e. The van der Waals surface area contributed by atoms with E-state index >= 15 is 0 Å². The summed E-state index contributed by atoms with van der Waals surface area (Å²) < 4.78 is 36.7. The molecule has 1 aliphatic rings. The van der Waals surface area contributed by atoms with Crippen LogP contribution in [0, 0.1) is 0 Å². The maximum absolute atomic E-state index is 13.8. The van der Waals surface area contributed by atoms with Crippen LogP contribution < -0.4 is 9.64 Å². The molecule has 1 fully saturated rings. The minimum absolute atomic E-state index is 0.246. The van der Waals surface area contributed by atoms with E-state index in [9.17, 15) is 22.8 Å². The molecule has 202 valence electrons. The quantitative estimate of drug-likeness (QED) is 0.243. The van der Waals surface area contributed by atoms with Gasteiger partial charge in [-0.1, -0.05) is 54.6 Å². The molecule has 0 aliphatic carbocycles. The fourth-order valence-electron chi connectivity index (χ4n) is 4.52. The van der Waals surface area contributed by atoms with Gasteiger partial charge in [0.05, 0.1) is 28.7 Å². The van der Waals surface area contributed by atoms with Crippen LogP contribution >= 0.6 is 0 Å². The molecule has 0 aromatic heterocycles. The number of hydrogen-bond acceptors (Lipinski definition) is 7. The van der Waals surface area contributed by atoms with Crippen molar-refractivity contribution in [3.63, 3.8) is 0 Å². The Kier molecular flexibility index (Phi) is 7.75. The van der Waals surface area contributed by atoms with Crippen molar-refractivity contribution in [2.75, 3.05) is 16.4 Å². The van der Waals surface area contributed by atoms with Crippen LogP contribution in [-0.2, 0) is 14.6 Å². The van der Waals surface area contributed by atoms with Gasteiger partial charge in [-0.25, -0.2) is 18.0 Å². The van der Waals surface area contributed by atoms with E-state index in [4.69, 9.17) is 9.47 Å². The fraction of sp³-hybridized carbons (Fsp3) is 0.129. The lowest BCUT2D eigenvalue weighted by atomic mass is 10.1. The van der Waals surface area contributed by atoms with Gasteiger partial charge in [-0.05, 0) is 60.7 Å². The first-order chi connectivity index (χ1) is 19.3. The van der Waals surface area contributed by atoms with E-state index in [1.165, 1.54) is 17.0 Å². The second kappa shape index (κ2) is 11.5. The number of rotatable bonds is 7. The highest BCUT2D eigenvalue weighted by Crippen LogP contribution is 2.30. The second-order valence-electron chi connectivity index (χ2n) is 9.24. The number of carbonyl (C=O) groups is 3. The molecule has 0 unspecified atom stereocenters. The number of carbonyl (C=O) groups excluding carboxylic acids is 3. The van der Waals surface area contributed by atoms with Gasteiger partial charge in [-0.15, -0.1) is 0 Å². The molecule has 4 aromatic carbocycles. The molecule has 40 heavy (non-hydrogen) atoms. The summed E-state index contributed by atoms with van der Waals surface area (Å²) >= 11 is 0. The SMILES string of the molecule is O=C(Oc1ccc(N(C(=O)c2ccccc2)[C@@H]2CS(=O)(=O)C[C@@H]2OC(=O)c2ccccc2)cc1)c1ccccc1. The van der Waals surface area contributed by atoms with Crippen LogP contribution in [0.25, 0.3) is 0 Å². The third-order valence-electron chi connectivity index (χ3n) is 6.45. The summed E-state index contributed by atoms with van der Waals surface area (Å²) in [6.45, 7) is 0. The Bertz CT molecular complexity index is 1610. The van der Waals surface area contributed by atoms with Crippen molar-refractivity contribution in [3.05, 3.63) is 132 Å². The van der Waals surface area contributed by atoms with Crippen LogP contribution in [0.3, 0.4) is 0 Å². The highest BCUT2D eigenvalue weighted by atomic mass is 32.2. The van der Waals surface area contributed by atoms with Crippen LogP contribution in [0.4, 0.5) is 5.69 Å². The van der Waals surface area contributed by atoms with Crippen molar-refractivity contribution in [2.45, 2.75) is 12.1 Å². The Morgan fingerprint density at radius 3 is 1.68 bits per heavy atom. The van der Waals surface area contributed by atoms with Crippen molar-refractivity contribution in [1.82, 2.24) is 0 Å². The summed E-state index contributed by atoms with van der Waals surface area (Å²) in [5, 5.41) is 0. The van der Waals surface area contributed by atoms with Gasteiger partial charge in [-0.3, -0.25) is 4.79 Å². The van der Waals surface area contributed by atoms with Crippen molar-refractivity contribution in [3.8, 4) is 5.75 Å². The monoisotopic (exact) mass is 555 g/mol. The maximum Gasteiger partial charge on any atom is 0.343 e. The minimum atomic E-state index is -3.64. The summed E-state index contributed by atoms with van der Waals surface area (Å²) in [7, 11) is -3.64. The molecule has 1 saturated heterocycles.